The third kappa shape index (κ3) is 5.02. The molecule has 1 aliphatic carbocycles. The highest BCUT2D eigenvalue weighted by atomic mass is 16.5. The average Bonchev–Trinajstić information content (AvgIpc) is 2.55. The van der Waals surface area contributed by atoms with Gasteiger partial charge in [0.15, 0.2) is 0 Å². The number of rotatable bonds is 11. The summed E-state index contributed by atoms with van der Waals surface area (Å²) in [7, 11) is 3.24. The van der Waals surface area contributed by atoms with Gasteiger partial charge in [-0.05, 0) is 25.0 Å². The second kappa shape index (κ2) is 9.64. The Balaban J connectivity index is 3.06. The van der Waals surface area contributed by atoms with Crippen molar-refractivity contribution in [3.8, 4) is 0 Å². The molecule has 1 aliphatic rings. The summed E-state index contributed by atoms with van der Waals surface area (Å²) in [6, 6.07) is 0. The minimum atomic E-state index is -1.01. The molecule has 132 valence electrons. The van der Waals surface area contributed by atoms with Crippen LogP contribution in [0.4, 0.5) is 0 Å². The summed E-state index contributed by atoms with van der Waals surface area (Å²) in [5.41, 5.74) is -1.01. The molecule has 0 atom stereocenters. The molecule has 1 rings (SSSR count). The van der Waals surface area contributed by atoms with E-state index in [0.717, 1.165) is 56.5 Å². The molecule has 0 unspecified atom stereocenters. The van der Waals surface area contributed by atoms with Crippen molar-refractivity contribution < 1.29 is 19.4 Å². The van der Waals surface area contributed by atoms with E-state index in [1.807, 2.05) is 12.2 Å². The Morgan fingerprint density at radius 2 is 1.57 bits per heavy atom. The first kappa shape index (κ1) is 19.6. The zero-order valence-electron chi connectivity index (χ0n) is 15.1. The van der Waals surface area contributed by atoms with Gasteiger partial charge < -0.3 is 14.6 Å². The van der Waals surface area contributed by atoms with Crippen LogP contribution >= 0.6 is 0 Å². The monoisotopic (exact) mass is 324 g/mol. The minimum absolute atomic E-state index is 0.0372. The van der Waals surface area contributed by atoms with Gasteiger partial charge in [0.2, 0.25) is 0 Å². The molecule has 0 saturated carbocycles. The second-order valence-electron chi connectivity index (χ2n) is 6.35. The topological polar surface area (TPSA) is 55.8 Å². The lowest BCUT2D eigenvalue weighted by Crippen LogP contribution is -2.33. The number of aliphatic carboxylic acids is 1. The molecule has 0 fully saturated rings. The highest BCUT2D eigenvalue weighted by Gasteiger charge is 2.41. The maximum atomic E-state index is 12.0. The lowest BCUT2D eigenvalue weighted by atomic mass is 9.75. The van der Waals surface area contributed by atoms with E-state index in [2.05, 4.69) is 13.8 Å². The van der Waals surface area contributed by atoms with Crippen molar-refractivity contribution in [2.24, 2.45) is 11.3 Å². The molecular formula is C19H32O4. The van der Waals surface area contributed by atoms with Crippen LogP contribution in [-0.2, 0) is 14.3 Å². The number of carboxylic acids is 1. The Kier molecular flexibility index (Phi) is 8.21. The molecule has 0 heterocycles. The highest BCUT2D eigenvalue weighted by molar-refractivity contribution is 5.80. The Morgan fingerprint density at radius 1 is 1.04 bits per heavy atom. The van der Waals surface area contributed by atoms with Gasteiger partial charge in [-0.2, -0.15) is 0 Å². The van der Waals surface area contributed by atoms with E-state index < -0.39 is 11.4 Å². The minimum Gasteiger partial charge on any atom is -0.501 e. The first-order valence-corrected chi connectivity index (χ1v) is 8.81. The number of hydrogen-bond acceptors (Lipinski definition) is 3. The second-order valence-corrected chi connectivity index (χ2v) is 6.35. The zero-order valence-corrected chi connectivity index (χ0v) is 15.1. The summed E-state index contributed by atoms with van der Waals surface area (Å²) in [5.74, 6) is 0.679. The van der Waals surface area contributed by atoms with Gasteiger partial charge in [-0.25, -0.2) is 0 Å². The van der Waals surface area contributed by atoms with Gasteiger partial charge in [0.25, 0.3) is 0 Å². The predicted molar refractivity (Wildman–Crippen MR) is 92.0 cm³/mol. The molecular weight excluding hydrogens is 292 g/mol. The predicted octanol–water partition coefficient (Wildman–Crippen LogP) is 4.91. The van der Waals surface area contributed by atoms with Gasteiger partial charge in [-0.15, -0.1) is 0 Å². The molecule has 23 heavy (non-hydrogen) atoms. The van der Waals surface area contributed by atoms with Crippen LogP contribution in [-0.4, -0.2) is 25.3 Å². The van der Waals surface area contributed by atoms with Gasteiger partial charge in [-0.1, -0.05) is 52.4 Å². The summed E-state index contributed by atoms with van der Waals surface area (Å²) >= 11 is 0. The molecule has 0 aromatic rings. The summed E-state index contributed by atoms with van der Waals surface area (Å²) in [6.45, 7) is 4.29. The van der Waals surface area contributed by atoms with Crippen LogP contribution in [0.5, 0.6) is 0 Å². The number of ether oxygens (including phenoxy) is 2. The SMILES string of the molecule is CCCCCC1C(OC)=CC(CCCCC)(C(=O)O)C=C1OC. The van der Waals surface area contributed by atoms with Gasteiger partial charge in [0, 0.05) is 0 Å². The van der Waals surface area contributed by atoms with Crippen molar-refractivity contribution in [3.63, 3.8) is 0 Å². The third-order valence-electron chi connectivity index (χ3n) is 4.65. The quantitative estimate of drug-likeness (QED) is 0.549. The number of methoxy groups -OCH3 is 2. The summed E-state index contributed by atoms with van der Waals surface area (Å²) in [5, 5.41) is 9.81. The molecule has 0 saturated heterocycles. The van der Waals surface area contributed by atoms with Gasteiger partial charge >= 0.3 is 5.97 Å². The summed E-state index contributed by atoms with van der Waals surface area (Å²) < 4.78 is 11.1. The first-order chi connectivity index (χ1) is 11.0. The molecule has 4 nitrogen and oxygen atoms in total. The summed E-state index contributed by atoms with van der Waals surface area (Å²) in [4.78, 5) is 12.0. The summed E-state index contributed by atoms with van der Waals surface area (Å²) in [6.07, 6.45) is 11.5. The zero-order chi connectivity index (χ0) is 17.3. The normalized spacial score (nSPS) is 23.9. The van der Waals surface area contributed by atoms with Crippen molar-refractivity contribution in [2.45, 2.75) is 65.2 Å². The number of hydrogen-bond donors (Lipinski definition) is 1. The highest BCUT2D eigenvalue weighted by Crippen LogP contribution is 2.42. The molecule has 0 aromatic carbocycles. The smallest absolute Gasteiger partial charge is 0.317 e. The van der Waals surface area contributed by atoms with Crippen molar-refractivity contribution in [1.29, 1.82) is 0 Å². The molecule has 1 N–H and O–H groups in total. The van der Waals surface area contributed by atoms with Gasteiger partial charge in [0.1, 0.15) is 16.9 Å². The van der Waals surface area contributed by atoms with Crippen LogP contribution < -0.4 is 0 Å². The first-order valence-electron chi connectivity index (χ1n) is 8.81. The Labute approximate surface area is 140 Å². The van der Waals surface area contributed by atoms with E-state index in [9.17, 15) is 9.90 Å². The lowest BCUT2D eigenvalue weighted by Gasteiger charge is -2.33. The van der Waals surface area contributed by atoms with Crippen molar-refractivity contribution in [3.05, 3.63) is 23.7 Å². The fourth-order valence-electron chi connectivity index (χ4n) is 3.22. The van der Waals surface area contributed by atoms with E-state index in [1.165, 1.54) is 0 Å². The van der Waals surface area contributed by atoms with Crippen LogP contribution in [0.25, 0.3) is 0 Å². The van der Waals surface area contributed by atoms with E-state index in [0.29, 0.717) is 6.42 Å². The number of unbranched alkanes of at least 4 members (excludes halogenated alkanes) is 4. The molecule has 0 radical (unpaired) electrons. The van der Waals surface area contributed by atoms with E-state index in [-0.39, 0.29) is 5.92 Å². The van der Waals surface area contributed by atoms with Crippen molar-refractivity contribution in [2.75, 3.05) is 14.2 Å². The standard InChI is InChI=1S/C19H32O4/c1-5-7-9-11-15-16(22-3)13-19(18(20)21,12-10-8-6-2)14-17(15)23-4/h13-15H,5-12H2,1-4H3,(H,20,21). The Morgan fingerprint density at radius 3 is 2.00 bits per heavy atom. The molecule has 4 heteroatoms. The van der Waals surface area contributed by atoms with Gasteiger partial charge in [0.05, 0.1) is 20.1 Å². The molecule has 0 aliphatic heterocycles. The van der Waals surface area contributed by atoms with Crippen LogP contribution in [0.3, 0.4) is 0 Å². The largest absolute Gasteiger partial charge is 0.501 e. The maximum absolute atomic E-state index is 12.0. The Bertz CT molecular complexity index is 415. The van der Waals surface area contributed by atoms with Crippen molar-refractivity contribution >= 4 is 5.97 Å². The molecule has 0 spiro atoms. The number of carboxylic acid groups (broad SMARTS) is 1. The Hall–Kier alpha value is -1.45. The van der Waals surface area contributed by atoms with Crippen LogP contribution in [0.15, 0.2) is 23.7 Å². The molecule has 0 bridgehead atoms. The van der Waals surface area contributed by atoms with Crippen LogP contribution in [0.2, 0.25) is 0 Å². The fourth-order valence-corrected chi connectivity index (χ4v) is 3.22. The number of carbonyl (C=O) groups is 1. The fraction of sp³-hybridized carbons (Fsp3) is 0.737. The average molecular weight is 324 g/mol. The van der Waals surface area contributed by atoms with E-state index >= 15 is 0 Å². The third-order valence-corrected chi connectivity index (χ3v) is 4.65. The maximum Gasteiger partial charge on any atom is 0.317 e. The lowest BCUT2D eigenvalue weighted by molar-refractivity contribution is -0.144. The van der Waals surface area contributed by atoms with Crippen LogP contribution in [0, 0.1) is 11.3 Å². The molecule has 0 aromatic heterocycles. The van der Waals surface area contributed by atoms with E-state index in [1.54, 1.807) is 14.2 Å². The molecule has 0 amide bonds. The van der Waals surface area contributed by atoms with Crippen molar-refractivity contribution in [1.82, 2.24) is 0 Å². The van der Waals surface area contributed by atoms with Gasteiger partial charge in [-0.3, -0.25) is 4.79 Å². The van der Waals surface area contributed by atoms with E-state index in [4.69, 9.17) is 9.47 Å². The van der Waals surface area contributed by atoms with Crippen LogP contribution in [0.1, 0.15) is 65.2 Å².